The Bertz CT molecular complexity index is 2040. The molecule has 0 saturated carbocycles. The zero-order valence-electron chi connectivity index (χ0n) is 35.6. The molecule has 0 aromatic rings. The SMILES string of the molecule is C=CS(=O)(=O)[O-].C=CS(=O)(=O)[O-].N.NCCS(=O)(=O)O.NCCS(=O)(=O)[O-].NCCS(=O)(=O)[O-].O=S(=O)(O)CCO.O=S(=O)(O)O.O=S(=O)([O-])[O-].O=S(=O)=O.O=[S](O)(=[Ca])OO.[Na+].[Na+].[Na+].[Na+].[Na+].[Na+]. The fraction of sp³-hybridized carbons (Fsp3) is 0.667. The fourth-order valence-corrected chi connectivity index (χ4v) is 1.66. The molecule has 38 nitrogen and oxygen atoms in total. The first kappa shape index (κ1) is 120. The number of rotatable bonds is 11. The van der Waals surface area contributed by atoms with Crippen LogP contribution in [0.4, 0.5) is 0 Å². The van der Waals surface area contributed by atoms with E-state index in [2.05, 4.69) is 17.5 Å². The summed E-state index contributed by atoms with van der Waals surface area (Å²) < 4.78 is 276. The molecule has 378 valence electrons. The van der Waals surface area contributed by atoms with Crippen LogP contribution in [0.1, 0.15) is 0 Å². The van der Waals surface area contributed by atoms with E-state index in [4.69, 9.17) is 88.9 Å². The average molecular weight is 1280 g/mol. The van der Waals surface area contributed by atoms with Crippen LogP contribution < -0.4 is 201 Å². The van der Waals surface area contributed by atoms with Gasteiger partial charge in [-0.15, -0.1) is 12.6 Å². The minimum absolute atomic E-state index is 0. The molecule has 0 fully saturated rings. The van der Waals surface area contributed by atoms with E-state index < -0.39 is 120 Å². The van der Waals surface area contributed by atoms with Crippen LogP contribution in [0.15, 0.2) is 24.0 Å². The van der Waals surface area contributed by atoms with Crippen LogP contribution in [-0.4, -0.2) is 227 Å². The van der Waals surface area contributed by atoms with E-state index in [1.54, 1.807) is 0 Å². The molecule has 0 aromatic heterocycles. The van der Waals surface area contributed by atoms with Crippen LogP contribution in [0.2, 0.25) is 0 Å². The van der Waals surface area contributed by atoms with Gasteiger partial charge in [-0.2, -0.15) is 25.3 Å². The summed E-state index contributed by atoms with van der Waals surface area (Å²) in [6.07, 6.45) is 0. The molecular weight excluding hydrogens is 1240 g/mol. The Balaban J connectivity index is -0.0000000274. The number of hydrogen-bond donors (Lipinski definition) is 11. The molecule has 0 spiro atoms. The van der Waals surface area contributed by atoms with Crippen molar-refractivity contribution in [1.29, 1.82) is 0 Å². The zero-order valence-corrected chi connectivity index (χ0v) is 58.0. The topological polar surface area (TPSA) is 744 Å². The van der Waals surface area contributed by atoms with Crippen LogP contribution in [0, 0.1) is 0 Å². The summed E-state index contributed by atoms with van der Waals surface area (Å²) in [4.78, 5) is 0. The molecule has 0 aromatic carbocycles. The summed E-state index contributed by atoms with van der Waals surface area (Å²) >= 11 is 0.0312. The second-order valence-electron chi connectivity index (χ2n) is 7.22. The first-order chi connectivity index (χ1) is 25.7. The van der Waals surface area contributed by atoms with Crippen molar-refractivity contribution < 1.29 is 326 Å². The Hall–Kier alpha value is 5.39. The molecule has 0 radical (unpaired) electrons. The van der Waals surface area contributed by atoms with E-state index in [-0.39, 0.29) is 242 Å². The summed E-state index contributed by atoms with van der Waals surface area (Å²) in [6.45, 7) is 4.72. The van der Waals surface area contributed by atoms with Crippen molar-refractivity contribution in [2.24, 2.45) is 17.2 Å². The van der Waals surface area contributed by atoms with Crippen LogP contribution in [-0.2, 0) is 101 Å². The first-order valence-corrected chi connectivity index (χ1v) is 29.2. The Morgan fingerprint density at radius 2 is 0.642 bits per heavy atom. The Labute approximate surface area is 542 Å². The smallest absolute Gasteiger partial charge is 1.00 e. The molecule has 0 bridgehead atoms. The summed E-state index contributed by atoms with van der Waals surface area (Å²) in [5.41, 5.74) is 14.2. The van der Waals surface area contributed by atoms with E-state index in [1.165, 1.54) is 0 Å². The molecule has 0 aliphatic rings. The van der Waals surface area contributed by atoms with E-state index in [0.717, 1.165) is 0 Å². The minimum atomic E-state index is -5.17. The molecule has 55 heteroatoms. The van der Waals surface area contributed by atoms with Crippen molar-refractivity contribution >= 4 is 130 Å². The third kappa shape index (κ3) is 372. The van der Waals surface area contributed by atoms with Gasteiger partial charge >= 0.3 is 254 Å². The van der Waals surface area contributed by atoms with Gasteiger partial charge in [0.2, 0.25) is 0 Å². The summed E-state index contributed by atoms with van der Waals surface area (Å²) in [5.74, 6) is -1.86. The molecule has 0 rings (SSSR count). The van der Waals surface area contributed by atoms with Gasteiger partial charge in [-0.1, -0.05) is 13.2 Å². The van der Waals surface area contributed by atoms with Crippen molar-refractivity contribution in [3.05, 3.63) is 24.0 Å². The number of nitrogens with two attached hydrogens (primary N) is 3. The molecule has 67 heavy (non-hydrogen) atoms. The predicted octanol–water partition coefficient (Wildman–Crippen LogP) is -27.5. The molecule has 1 unspecified atom stereocenters. The number of aliphatic hydroxyl groups is 1. The second kappa shape index (κ2) is 65.7. The molecule has 1 atom stereocenters. The van der Waals surface area contributed by atoms with Gasteiger partial charge in [0.25, 0.3) is 20.2 Å². The summed E-state index contributed by atoms with van der Waals surface area (Å²) in [5, 5.41) is 16.0. The second-order valence-corrected chi connectivity index (χ2v) is 22.9. The molecular formula is C12H38CaN4Na6O34S10. The van der Waals surface area contributed by atoms with Crippen molar-refractivity contribution in [2.75, 3.05) is 49.3 Å². The van der Waals surface area contributed by atoms with E-state index in [9.17, 15) is 72.9 Å². The first-order valence-electron chi connectivity index (χ1n) is 11.9. The molecule has 0 saturated heterocycles. The molecule has 0 aliphatic heterocycles. The number of aliphatic hydroxyl groups excluding tert-OH is 1. The Morgan fingerprint density at radius 3 is 0.642 bits per heavy atom. The number of hydrogen-bond acceptors (Lipinski definition) is 33. The van der Waals surface area contributed by atoms with Crippen LogP contribution in [0.5, 0.6) is 0 Å². The summed E-state index contributed by atoms with van der Waals surface area (Å²) in [7, 11) is -37.1. The monoisotopic (exact) mass is 1280 g/mol. The molecule has 0 heterocycles. The van der Waals surface area contributed by atoms with Crippen LogP contribution in [0.25, 0.3) is 0 Å². The maximum absolute atomic E-state index is 9.71. The molecule has 0 amide bonds. The zero-order chi connectivity index (χ0) is 51.9. The van der Waals surface area contributed by atoms with E-state index >= 15 is 0 Å². The average Bonchev–Trinajstić information content (AvgIpc) is 2.89. The van der Waals surface area contributed by atoms with Crippen LogP contribution >= 0.6 is 0 Å². The van der Waals surface area contributed by atoms with Gasteiger partial charge in [0, 0.05) is 40.8 Å². The van der Waals surface area contributed by atoms with Gasteiger partial charge in [-0.3, -0.25) is 26.6 Å². The van der Waals surface area contributed by atoms with Crippen molar-refractivity contribution in [1.82, 2.24) is 6.15 Å². The van der Waals surface area contributed by atoms with Gasteiger partial charge in [-0.25, -0.2) is 33.7 Å². The maximum atomic E-state index is 9.71. The van der Waals surface area contributed by atoms with Crippen molar-refractivity contribution in [3.8, 4) is 0 Å². The van der Waals surface area contributed by atoms with Crippen molar-refractivity contribution in [2.45, 2.75) is 0 Å². The summed E-state index contributed by atoms with van der Waals surface area (Å²) in [6, 6.07) is 0. The fourth-order valence-electron chi connectivity index (χ4n) is 0.553. The molecule has 0 aliphatic carbocycles. The van der Waals surface area contributed by atoms with Gasteiger partial charge in [0.15, 0.2) is 0 Å². The van der Waals surface area contributed by atoms with Gasteiger partial charge < -0.3 is 55.8 Å². The maximum Gasteiger partial charge on any atom is 1.00 e. The predicted molar refractivity (Wildman–Crippen MR) is 196 cm³/mol. The van der Waals surface area contributed by atoms with Gasteiger partial charge in [0.1, 0.15) is 20.2 Å². The van der Waals surface area contributed by atoms with E-state index in [0.29, 0.717) is 10.8 Å². The molecule has 16 N–H and O–H groups in total. The largest absolute Gasteiger partial charge is 1.00 e. The Morgan fingerprint density at radius 1 is 0.507 bits per heavy atom. The third-order valence-corrected chi connectivity index (χ3v) is 6.45. The third-order valence-electron chi connectivity index (χ3n) is 1.99. The quantitative estimate of drug-likeness (QED) is 0.0301. The van der Waals surface area contributed by atoms with E-state index in [1.807, 2.05) is 0 Å². The normalized spacial score (nSPS) is 10.7. The Kier molecular flexibility index (Phi) is 118. The van der Waals surface area contributed by atoms with Gasteiger partial charge in [-0.05, 0) is 0 Å². The van der Waals surface area contributed by atoms with Crippen molar-refractivity contribution in [3.63, 3.8) is 0 Å². The minimum Gasteiger partial charge on any atom is 1.00 e. The van der Waals surface area contributed by atoms with Crippen LogP contribution in [0.3, 0.4) is 0 Å². The standard InChI is InChI=1S/3C2H7NO3S.C2H6O4S.2C2H4O3S.Ca.H3N.6Na.3H2O4S.O3S/c4*3-1-2-7(4,5)6;2*1-2-6(3,4)5;;;;;;;;;2*1-5(2,3)4;1-4-5(2)3;1-4(2)3/h3*1-3H2,(H,4,5,6);3H,1-2H2,(H,4,5,6);2*2H,1H2,(H,3,4,5);;1H3;;;;;;;2*(H2,1,2,3,4);1H,(H,2,3);/q;;;;;;;;6*+1;;;;/p-6. The van der Waals surface area contributed by atoms with Gasteiger partial charge in [0.05, 0.1) is 49.9 Å².